The standard InChI is InChI=1S/C51H31N3O2/c1-2-10-34(11-3-1)44-31-45(40-13-5-4-12-37(40)33-26-28-52-29-27-33)54-51(53-44)35-20-18-32(19-21-35)39-24-23-38(49-42-15-7-9-17-47(42)56-50(39)49)36-22-25-48-43(30-36)41-14-6-8-16-46(41)55-48/h1-31H. The Morgan fingerprint density at radius 1 is 0.339 bits per heavy atom. The van der Waals surface area contributed by atoms with Crippen LogP contribution >= 0.6 is 0 Å². The maximum atomic E-state index is 6.69. The molecule has 4 heterocycles. The van der Waals surface area contributed by atoms with Crippen LogP contribution in [-0.2, 0) is 0 Å². The summed E-state index contributed by atoms with van der Waals surface area (Å²) in [6, 6.07) is 60.6. The van der Waals surface area contributed by atoms with Gasteiger partial charge >= 0.3 is 0 Å². The van der Waals surface area contributed by atoms with Crippen molar-refractivity contribution in [2.45, 2.75) is 0 Å². The van der Waals surface area contributed by atoms with E-state index in [0.717, 1.165) is 105 Å². The molecule has 0 unspecified atom stereocenters. The Labute approximate surface area is 322 Å². The summed E-state index contributed by atoms with van der Waals surface area (Å²) in [5, 5.41) is 4.38. The molecule has 4 aromatic heterocycles. The van der Waals surface area contributed by atoms with Crippen LogP contribution in [0.1, 0.15) is 0 Å². The first-order valence-electron chi connectivity index (χ1n) is 18.7. The number of hydrogen-bond acceptors (Lipinski definition) is 5. The molecule has 0 spiro atoms. The highest BCUT2D eigenvalue weighted by Gasteiger charge is 2.19. The zero-order chi connectivity index (χ0) is 37.0. The van der Waals surface area contributed by atoms with Crippen LogP contribution in [0, 0.1) is 0 Å². The normalized spacial score (nSPS) is 11.6. The molecule has 0 atom stereocenters. The number of benzene rings is 7. The molecule has 262 valence electrons. The average molecular weight is 718 g/mol. The van der Waals surface area contributed by atoms with Gasteiger partial charge < -0.3 is 8.83 Å². The molecule has 0 saturated carbocycles. The van der Waals surface area contributed by atoms with Gasteiger partial charge in [0.1, 0.15) is 22.3 Å². The monoisotopic (exact) mass is 717 g/mol. The number of nitrogens with zero attached hydrogens (tertiary/aromatic N) is 3. The number of para-hydroxylation sites is 2. The lowest BCUT2D eigenvalue weighted by molar-refractivity contribution is 0.669. The topological polar surface area (TPSA) is 65.0 Å². The van der Waals surface area contributed by atoms with Crippen LogP contribution in [0.2, 0.25) is 0 Å². The highest BCUT2D eigenvalue weighted by Crippen LogP contribution is 2.43. The SMILES string of the molecule is c1ccc(-c2cc(-c3ccccc3-c3ccncc3)nc(-c3ccc(-c4ccc(-c5ccc6oc7ccccc7c6c5)c5c4oc4ccccc45)cc3)n2)cc1. The Balaban J connectivity index is 1.03. The Morgan fingerprint density at radius 3 is 1.77 bits per heavy atom. The molecule has 0 radical (unpaired) electrons. The van der Waals surface area contributed by atoms with Crippen LogP contribution in [0.3, 0.4) is 0 Å². The fourth-order valence-electron chi connectivity index (χ4n) is 7.95. The number of pyridine rings is 1. The zero-order valence-corrected chi connectivity index (χ0v) is 30.1. The summed E-state index contributed by atoms with van der Waals surface area (Å²) in [7, 11) is 0. The fraction of sp³-hybridized carbons (Fsp3) is 0. The summed E-state index contributed by atoms with van der Waals surface area (Å²) in [5.41, 5.74) is 14.6. The first-order chi connectivity index (χ1) is 27.7. The van der Waals surface area contributed by atoms with Gasteiger partial charge in [-0.3, -0.25) is 4.98 Å². The molecule has 11 aromatic rings. The van der Waals surface area contributed by atoms with Crippen LogP contribution in [-0.4, -0.2) is 15.0 Å². The summed E-state index contributed by atoms with van der Waals surface area (Å²) in [5.74, 6) is 0.656. The van der Waals surface area contributed by atoms with Crippen molar-refractivity contribution in [3.05, 3.63) is 188 Å². The van der Waals surface area contributed by atoms with E-state index in [-0.39, 0.29) is 0 Å². The van der Waals surface area contributed by atoms with Crippen LogP contribution in [0.5, 0.6) is 0 Å². The van der Waals surface area contributed by atoms with Crippen LogP contribution in [0.15, 0.2) is 197 Å². The lowest BCUT2D eigenvalue weighted by Gasteiger charge is -2.13. The Hall–Kier alpha value is -7.63. The molecule has 5 heteroatoms. The zero-order valence-electron chi connectivity index (χ0n) is 30.1. The molecule has 5 nitrogen and oxygen atoms in total. The van der Waals surface area contributed by atoms with Gasteiger partial charge in [-0.2, -0.15) is 0 Å². The second-order valence-electron chi connectivity index (χ2n) is 14.0. The molecule has 0 saturated heterocycles. The van der Waals surface area contributed by atoms with Gasteiger partial charge in [0.15, 0.2) is 5.82 Å². The van der Waals surface area contributed by atoms with Crippen LogP contribution in [0.4, 0.5) is 0 Å². The largest absolute Gasteiger partial charge is 0.456 e. The third-order valence-electron chi connectivity index (χ3n) is 10.7. The molecular formula is C51H31N3O2. The summed E-state index contributed by atoms with van der Waals surface area (Å²) in [4.78, 5) is 14.6. The number of fused-ring (bicyclic) bond motifs is 6. The molecule has 56 heavy (non-hydrogen) atoms. The highest BCUT2D eigenvalue weighted by atomic mass is 16.3. The van der Waals surface area contributed by atoms with Crippen molar-refractivity contribution < 1.29 is 8.83 Å². The third-order valence-corrected chi connectivity index (χ3v) is 10.7. The molecule has 0 N–H and O–H groups in total. The van der Waals surface area contributed by atoms with E-state index < -0.39 is 0 Å². The van der Waals surface area contributed by atoms with Crippen LogP contribution < -0.4 is 0 Å². The number of rotatable bonds is 6. The van der Waals surface area contributed by atoms with Crippen molar-refractivity contribution in [1.29, 1.82) is 0 Å². The van der Waals surface area contributed by atoms with Gasteiger partial charge in [-0.25, -0.2) is 9.97 Å². The van der Waals surface area contributed by atoms with E-state index in [9.17, 15) is 0 Å². The third kappa shape index (κ3) is 5.37. The van der Waals surface area contributed by atoms with Crippen molar-refractivity contribution in [2.75, 3.05) is 0 Å². The Kier molecular flexibility index (Phi) is 7.42. The summed E-state index contributed by atoms with van der Waals surface area (Å²) >= 11 is 0. The average Bonchev–Trinajstić information content (AvgIpc) is 3.85. The van der Waals surface area contributed by atoms with E-state index in [1.54, 1.807) is 0 Å². The van der Waals surface area contributed by atoms with E-state index in [1.807, 2.05) is 67.0 Å². The quantitative estimate of drug-likeness (QED) is 0.171. The van der Waals surface area contributed by atoms with Crippen LogP contribution in [0.25, 0.3) is 111 Å². The number of furan rings is 2. The van der Waals surface area contributed by atoms with Crippen molar-refractivity contribution in [3.63, 3.8) is 0 Å². The first kappa shape index (κ1) is 31.9. The van der Waals surface area contributed by atoms with Crippen molar-refractivity contribution >= 4 is 43.9 Å². The Bertz CT molecular complexity index is 3240. The van der Waals surface area contributed by atoms with E-state index >= 15 is 0 Å². The molecule has 0 aliphatic rings. The van der Waals surface area contributed by atoms with Crippen molar-refractivity contribution in [2.24, 2.45) is 0 Å². The van der Waals surface area contributed by atoms with E-state index in [4.69, 9.17) is 18.8 Å². The fourth-order valence-corrected chi connectivity index (χ4v) is 7.95. The van der Waals surface area contributed by atoms with E-state index in [0.29, 0.717) is 5.82 Å². The van der Waals surface area contributed by atoms with Gasteiger partial charge in [-0.15, -0.1) is 0 Å². The maximum absolute atomic E-state index is 6.69. The predicted octanol–water partition coefficient (Wildman–Crippen LogP) is 13.7. The number of hydrogen-bond donors (Lipinski definition) is 0. The van der Waals surface area contributed by atoms with Gasteiger partial charge in [0.05, 0.1) is 11.4 Å². The molecule has 11 rings (SSSR count). The minimum absolute atomic E-state index is 0.656. The second kappa shape index (κ2) is 13.0. The number of aromatic nitrogens is 3. The summed E-state index contributed by atoms with van der Waals surface area (Å²) in [6.07, 6.45) is 3.64. The molecule has 0 fully saturated rings. The van der Waals surface area contributed by atoms with Gasteiger partial charge in [-0.1, -0.05) is 127 Å². The lowest BCUT2D eigenvalue weighted by Crippen LogP contribution is -1.97. The van der Waals surface area contributed by atoms with Gasteiger partial charge in [0, 0.05) is 56.2 Å². The van der Waals surface area contributed by atoms with Gasteiger partial charge in [0.2, 0.25) is 0 Å². The lowest BCUT2D eigenvalue weighted by atomic mass is 9.93. The predicted molar refractivity (Wildman–Crippen MR) is 227 cm³/mol. The molecule has 0 bridgehead atoms. The summed E-state index contributed by atoms with van der Waals surface area (Å²) < 4.78 is 12.8. The van der Waals surface area contributed by atoms with Gasteiger partial charge in [-0.05, 0) is 76.3 Å². The minimum Gasteiger partial charge on any atom is -0.456 e. The summed E-state index contributed by atoms with van der Waals surface area (Å²) in [6.45, 7) is 0. The van der Waals surface area contributed by atoms with E-state index in [1.165, 1.54) is 0 Å². The molecule has 0 aliphatic carbocycles. The van der Waals surface area contributed by atoms with Crippen molar-refractivity contribution in [1.82, 2.24) is 15.0 Å². The smallest absolute Gasteiger partial charge is 0.160 e. The molecule has 0 aliphatic heterocycles. The maximum Gasteiger partial charge on any atom is 0.160 e. The highest BCUT2D eigenvalue weighted by molar-refractivity contribution is 6.17. The Morgan fingerprint density at radius 2 is 0.946 bits per heavy atom. The van der Waals surface area contributed by atoms with Gasteiger partial charge in [0.25, 0.3) is 0 Å². The second-order valence-corrected chi connectivity index (χ2v) is 14.0. The minimum atomic E-state index is 0.656. The molecular weight excluding hydrogens is 687 g/mol. The van der Waals surface area contributed by atoms with Crippen molar-refractivity contribution in [3.8, 4) is 67.3 Å². The molecule has 7 aromatic carbocycles. The molecule has 0 amide bonds. The van der Waals surface area contributed by atoms with E-state index in [2.05, 4.69) is 126 Å². The first-order valence-corrected chi connectivity index (χ1v) is 18.7.